The minimum Gasteiger partial charge on any atom is -0.324 e. The monoisotopic (exact) mass is 256 g/mol. The highest BCUT2D eigenvalue weighted by atomic mass is 16.1. The number of nitrogens with zero attached hydrogens (tertiary/aromatic N) is 1. The molecule has 1 unspecified atom stereocenters. The second-order valence-electron chi connectivity index (χ2n) is 5.15. The first-order chi connectivity index (χ1) is 8.91. The molecule has 2 aromatic rings. The third kappa shape index (κ3) is 2.47. The molecule has 0 saturated heterocycles. The summed E-state index contributed by atoms with van der Waals surface area (Å²) in [6, 6.07) is 9.83. The standard InChI is InChI=1S/C16H20N2O/c1-10-5-6-11(2)14(9-10)15-8-7-13(12(3)17)16(19)18(15)4/h5-9,12H,17H2,1-4H3. The smallest absolute Gasteiger partial charge is 0.255 e. The number of pyridine rings is 1. The summed E-state index contributed by atoms with van der Waals surface area (Å²) in [5.74, 6) is 0. The second kappa shape index (κ2) is 5.02. The van der Waals surface area contributed by atoms with Gasteiger partial charge in [-0.15, -0.1) is 0 Å². The summed E-state index contributed by atoms with van der Waals surface area (Å²) >= 11 is 0. The molecule has 0 amide bonds. The van der Waals surface area contributed by atoms with Gasteiger partial charge in [-0.2, -0.15) is 0 Å². The molecule has 3 heteroatoms. The van der Waals surface area contributed by atoms with E-state index in [9.17, 15) is 4.79 Å². The maximum Gasteiger partial charge on any atom is 0.255 e. The van der Waals surface area contributed by atoms with Gasteiger partial charge in [-0.3, -0.25) is 4.79 Å². The summed E-state index contributed by atoms with van der Waals surface area (Å²) < 4.78 is 1.68. The van der Waals surface area contributed by atoms with Gasteiger partial charge in [0.2, 0.25) is 0 Å². The van der Waals surface area contributed by atoms with Crippen LogP contribution < -0.4 is 11.3 Å². The fourth-order valence-electron chi connectivity index (χ4n) is 2.28. The van der Waals surface area contributed by atoms with Crippen molar-refractivity contribution >= 4 is 0 Å². The lowest BCUT2D eigenvalue weighted by atomic mass is 10.0. The van der Waals surface area contributed by atoms with Gasteiger partial charge in [0.05, 0.1) is 5.69 Å². The Morgan fingerprint density at radius 3 is 2.47 bits per heavy atom. The van der Waals surface area contributed by atoms with Crippen LogP contribution >= 0.6 is 0 Å². The van der Waals surface area contributed by atoms with Gasteiger partial charge < -0.3 is 10.3 Å². The lowest BCUT2D eigenvalue weighted by Crippen LogP contribution is -2.26. The molecule has 19 heavy (non-hydrogen) atoms. The van der Waals surface area contributed by atoms with Gasteiger partial charge in [-0.05, 0) is 44.5 Å². The highest BCUT2D eigenvalue weighted by Gasteiger charge is 2.11. The van der Waals surface area contributed by atoms with Gasteiger partial charge in [0, 0.05) is 24.2 Å². The maximum absolute atomic E-state index is 12.3. The van der Waals surface area contributed by atoms with Gasteiger partial charge >= 0.3 is 0 Å². The van der Waals surface area contributed by atoms with Gasteiger partial charge in [0.1, 0.15) is 0 Å². The number of nitrogens with two attached hydrogens (primary N) is 1. The predicted molar refractivity (Wildman–Crippen MR) is 79.2 cm³/mol. The second-order valence-corrected chi connectivity index (χ2v) is 5.15. The van der Waals surface area contributed by atoms with E-state index in [4.69, 9.17) is 5.73 Å². The SMILES string of the molecule is Cc1ccc(C)c(-c2ccc(C(C)N)c(=O)n2C)c1. The van der Waals surface area contributed by atoms with Crippen molar-refractivity contribution in [2.24, 2.45) is 12.8 Å². The van der Waals surface area contributed by atoms with E-state index in [1.165, 1.54) is 5.56 Å². The fourth-order valence-corrected chi connectivity index (χ4v) is 2.28. The van der Waals surface area contributed by atoms with Crippen molar-refractivity contribution < 1.29 is 0 Å². The molecule has 0 radical (unpaired) electrons. The van der Waals surface area contributed by atoms with Gasteiger partial charge in [-0.25, -0.2) is 0 Å². The summed E-state index contributed by atoms with van der Waals surface area (Å²) in [6.45, 7) is 5.93. The van der Waals surface area contributed by atoms with Crippen LogP contribution in [0.5, 0.6) is 0 Å². The van der Waals surface area contributed by atoms with E-state index < -0.39 is 0 Å². The Hall–Kier alpha value is -1.87. The molecule has 0 fully saturated rings. The van der Waals surface area contributed by atoms with E-state index >= 15 is 0 Å². The van der Waals surface area contributed by atoms with Crippen LogP contribution in [0.4, 0.5) is 0 Å². The lowest BCUT2D eigenvalue weighted by molar-refractivity contribution is 0.760. The van der Waals surface area contributed by atoms with Crippen LogP contribution in [0.15, 0.2) is 35.1 Å². The Bertz CT molecular complexity index is 669. The summed E-state index contributed by atoms with van der Waals surface area (Å²) in [5.41, 5.74) is 10.8. The van der Waals surface area contributed by atoms with E-state index in [0.717, 1.165) is 16.8 Å². The number of rotatable bonds is 2. The summed E-state index contributed by atoms with van der Waals surface area (Å²) in [5, 5.41) is 0. The molecule has 2 rings (SSSR count). The minimum atomic E-state index is -0.244. The Balaban J connectivity index is 2.68. The van der Waals surface area contributed by atoms with Crippen molar-refractivity contribution in [3.63, 3.8) is 0 Å². The molecule has 0 aliphatic carbocycles. The van der Waals surface area contributed by atoms with Crippen molar-refractivity contribution in [1.29, 1.82) is 0 Å². The van der Waals surface area contributed by atoms with Crippen LogP contribution in [0, 0.1) is 13.8 Å². The van der Waals surface area contributed by atoms with Crippen molar-refractivity contribution in [1.82, 2.24) is 4.57 Å². The number of hydrogen-bond donors (Lipinski definition) is 1. The summed E-state index contributed by atoms with van der Waals surface area (Å²) in [6.07, 6.45) is 0. The Morgan fingerprint density at radius 1 is 1.16 bits per heavy atom. The van der Waals surface area contributed by atoms with E-state index in [1.807, 2.05) is 19.1 Å². The number of aromatic nitrogens is 1. The number of benzene rings is 1. The first kappa shape index (κ1) is 13.6. The third-order valence-electron chi connectivity index (χ3n) is 3.49. The summed E-state index contributed by atoms with van der Waals surface area (Å²) in [7, 11) is 1.80. The molecule has 0 spiro atoms. The molecule has 1 aromatic heterocycles. The van der Waals surface area contributed by atoms with Gasteiger partial charge in [-0.1, -0.05) is 17.7 Å². The molecule has 2 N–H and O–H groups in total. The zero-order valence-corrected chi connectivity index (χ0v) is 11.9. The number of hydrogen-bond acceptors (Lipinski definition) is 2. The van der Waals surface area contributed by atoms with E-state index in [-0.39, 0.29) is 11.6 Å². The minimum absolute atomic E-state index is 0.0200. The summed E-state index contributed by atoms with van der Waals surface area (Å²) in [4.78, 5) is 12.3. The average Bonchev–Trinajstić information content (AvgIpc) is 2.35. The lowest BCUT2D eigenvalue weighted by Gasteiger charge is -2.14. The van der Waals surface area contributed by atoms with Crippen LogP contribution in [-0.2, 0) is 7.05 Å². The number of aryl methyl sites for hydroxylation is 2. The zero-order chi connectivity index (χ0) is 14.2. The van der Waals surface area contributed by atoms with Crippen LogP contribution in [0.2, 0.25) is 0 Å². The Labute approximate surface area is 113 Å². The highest BCUT2D eigenvalue weighted by Crippen LogP contribution is 2.23. The molecule has 100 valence electrons. The van der Waals surface area contributed by atoms with Gasteiger partial charge in [0.15, 0.2) is 0 Å². The maximum atomic E-state index is 12.3. The Morgan fingerprint density at radius 2 is 1.84 bits per heavy atom. The first-order valence-electron chi connectivity index (χ1n) is 6.45. The highest BCUT2D eigenvalue weighted by molar-refractivity contribution is 5.65. The quantitative estimate of drug-likeness (QED) is 0.898. The Kier molecular flexibility index (Phi) is 3.58. The van der Waals surface area contributed by atoms with Crippen molar-refractivity contribution in [3.8, 4) is 11.3 Å². The molecule has 1 aromatic carbocycles. The van der Waals surface area contributed by atoms with Crippen molar-refractivity contribution in [2.75, 3.05) is 0 Å². The molecule has 1 heterocycles. The van der Waals surface area contributed by atoms with Crippen LogP contribution in [0.25, 0.3) is 11.3 Å². The van der Waals surface area contributed by atoms with E-state index in [1.54, 1.807) is 11.6 Å². The molecule has 0 bridgehead atoms. The molecular weight excluding hydrogens is 236 g/mol. The molecule has 0 aliphatic rings. The first-order valence-corrected chi connectivity index (χ1v) is 6.45. The topological polar surface area (TPSA) is 48.0 Å². The fraction of sp³-hybridized carbons (Fsp3) is 0.312. The molecule has 0 aliphatic heterocycles. The van der Waals surface area contributed by atoms with Crippen molar-refractivity contribution in [2.45, 2.75) is 26.8 Å². The molecule has 3 nitrogen and oxygen atoms in total. The molecule has 1 atom stereocenters. The largest absolute Gasteiger partial charge is 0.324 e. The predicted octanol–water partition coefficient (Wildman–Crippen LogP) is 2.69. The van der Waals surface area contributed by atoms with Crippen LogP contribution in [0.3, 0.4) is 0 Å². The molecule has 0 saturated carbocycles. The van der Waals surface area contributed by atoms with Crippen LogP contribution in [0.1, 0.15) is 29.7 Å². The van der Waals surface area contributed by atoms with E-state index in [2.05, 4.69) is 32.0 Å². The average molecular weight is 256 g/mol. The zero-order valence-electron chi connectivity index (χ0n) is 11.9. The van der Waals surface area contributed by atoms with E-state index in [0.29, 0.717) is 5.56 Å². The molecular formula is C16H20N2O. The van der Waals surface area contributed by atoms with Crippen molar-refractivity contribution in [3.05, 3.63) is 57.4 Å². The van der Waals surface area contributed by atoms with Crippen LogP contribution in [-0.4, -0.2) is 4.57 Å². The van der Waals surface area contributed by atoms with Gasteiger partial charge in [0.25, 0.3) is 5.56 Å². The normalized spacial score (nSPS) is 12.5. The third-order valence-corrected chi connectivity index (χ3v) is 3.49.